The van der Waals surface area contributed by atoms with Crippen molar-refractivity contribution in [1.29, 1.82) is 0 Å². The number of ether oxygens (including phenoxy) is 1. The Kier molecular flexibility index (Phi) is 6.71. The molecule has 1 heterocycles. The van der Waals surface area contributed by atoms with Gasteiger partial charge in [0.25, 0.3) is 0 Å². The Balaban J connectivity index is 1.77. The molecule has 146 valence electrons. The molecule has 0 N–H and O–H groups in total. The summed E-state index contributed by atoms with van der Waals surface area (Å²) in [6, 6.07) is 17.7. The largest absolute Gasteiger partial charge is 0.549 e. The van der Waals surface area contributed by atoms with Crippen molar-refractivity contribution in [2.75, 3.05) is 5.75 Å². The van der Waals surface area contributed by atoms with Crippen LogP contribution < -0.4 is 9.84 Å². The lowest BCUT2D eigenvalue weighted by molar-refractivity contribution is -0.301. The second-order valence-corrected chi connectivity index (χ2v) is 7.48. The zero-order valence-corrected chi connectivity index (χ0v) is 16.7. The first-order valence-corrected chi connectivity index (χ1v) is 10.1. The maximum atomic E-state index is 10.8. The topological polar surface area (TPSA) is 80.1 Å². The predicted molar refractivity (Wildman–Crippen MR) is 107 cm³/mol. The van der Waals surface area contributed by atoms with Crippen molar-refractivity contribution in [3.05, 3.63) is 66.0 Å². The standard InChI is InChI=1S/C21H23N3O3S/c1-15(2)27-18-11-8-16(9-12-18)10-13-19-22-23-21(28-14-20(25)26)24(19)17-6-4-3-5-7-17/h3-9,11-12,15H,10,13-14H2,1-2H3,(H,25,26)/p-1. The Morgan fingerprint density at radius 1 is 1.07 bits per heavy atom. The van der Waals surface area contributed by atoms with Crippen molar-refractivity contribution in [3.63, 3.8) is 0 Å². The number of benzene rings is 2. The third-order valence-corrected chi connectivity index (χ3v) is 4.87. The molecule has 0 unspecified atom stereocenters. The summed E-state index contributed by atoms with van der Waals surface area (Å²) in [5.74, 6) is 0.349. The van der Waals surface area contributed by atoms with E-state index in [0.717, 1.165) is 35.4 Å². The van der Waals surface area contributed by atoms with Crippen LogP contribution in [0.3, 0.4) is 0 Å². The molecule has 3 aromatic rings. The summed E-state index contributed by atoms with van der Waals surface area (Å²) in [6.45, 7) is 4.00. The molecule has 0 aliphatic heterocycles. The van der Waals surface area contributed by atoms with Crippen LogP contribution in [0.25, 0.3) is 5.69 Å². The van der Waals surface area contributed by atoms with Crippen LogP contribution in [0.15, 0.2) is 59.8 Å². The van der Waals surface area contributed by atoms with Crippen molar-refractivity contribution < 1.29 is 14.6 Å². The quantitative estimate of drug-likeness (QED) is 0.518. The van der Waals surface area contributed by atoms with Crippen LogP contribution >= 0.6 is 11.8 Å². The van der Waals surface area contributed by atoms with Gasteiger partial charge in [0.15, 0.2) is 5.16 Å². The lowest BCUT2D eigenvalue weighted by Crippen LogP contribution is -2.24. The van der Waals surface area contributed by atoms with Gasteiger partial charge in [-0.25, -0.2) is 0 Å². The van der Waals surface area contributed by atoms with Crippen LogP contribution in [-0.4, -0.2) is 32.6 Å². The van der Waals surface area contributed by atoms with Gasteiger partial charge in [0, 0.05) is 17.9 Å². The van der Waals surface area contributed by atoms with Gasteiger partial charge in [-0.05, 0) is 50.1 Å². The molecule has 0 saturated carbocycles. The maximum Gasteiger partial charge on any atom is 0.196 e. The van der Waals surface area contributed by atoms with E-state index in [-0.39, 0.29) is 11.9 Å². The molecule has 0 radical (unpaired) electrons. The minimum Gasteiger partial charge on any atom is -0.549 e. The minimum absolute atomic E-state index is 0.146. The van der Waals surface area contributed by atoms with E-state index in [1.165, 1.54) is 5.56 Å². The lowest BCUT2D eigenvalue weighted by atomic mass is 10.1. The molecule has 0 fully saturated rings. The lowest BCUT2D eigenvalue weighted by Gasteiger charge is -2.11. The fourth-order valence-electron chi connectivity index (χ4n) is 2.78. The zero-order valence-electron chi connectivity index (χ0n) is 15.9. The molecule has 0 aliphatic rings. The first-order valence-electron chi connectivity index (χ1n) is 9.11. The van der Waals surface area contributed by atoms with Crippen molar-refractivity contribution >= 4 is 17.7 Å². The van der Waals surface area contributed by atoms with E-state index in [0.29, 0.717) is 11.6 Å². The highest BCUT2D eigenvalue weighted by Gasteiger charge is 2.14. The van der Waals surface area contributed by atoms with Gasteiger partial charge < -0.3 is 14.6 Å². The van der Waals surface area contributed by atoms with Crippen LogP contribution in [0, 0.1) is 0 Å². The summed E-state index contributed by atoms with van der Waals surface area (Å²) in [6.07, 6.45) is 1.61. The average molecular weight is 396 g/mol. The molecule has 7 heteroatoms. The Bertz CT molecular complexity index is 908. The first-order chi connectivity index (χ1) is 13.5. The number of carbonyl (C=O) groups excluding carboxylic acids is 1. The summed E-state index contributed by atoms with van der Waals surface area (Å²) in [5, 5.41) is 19.9. The third-order valence-electron chi connectivity index (χ3n) is 3.97. The molecule has 0 amide bonds. The van der Waals surface area contributed by atoms with Crippen LogP contribution in [-0.2, 0) is 17.6 Å². The number of aliphatic carboxylic acids is 1. The second-order valence-electron chi connectivity index (χ2n) is 6.54. The van der Waals surface area contributed by atoms with E-state index in [9.17, 15) is 9.90 Å². The Morgan fingerprint density at radius 2 is 1.79 bits per heavy atom. The summed E-state index contributed by atoms with van der Waals surface area (Å²) >= 11 is 1.11. The van der Waals surface area contributed by atoms with E-state index >= 15 is 0 Å². The van der Waals surface area contributed by atoms with Crippen molar-refractivity contribution in [3.8, 4) is 11.4 Å². The fraction of sp³-hybridized carbons (Fsp3) is 0.286. The number of carbonyl (C=O) groups is 1. The molecular formula is C21H22N3O3S-. The van der Waals surface area contributed by atoms with Crippen molar-refractivity contribution in [1.82, 2.24) is 14.8 Å². The summed E-state index contributed by atoms with van der Waals surface area (Å²) in [4.78, 5) is 10.8. The number of hydrogen-bond acceptors (Lipinski definition) is 6. The number of aromatic nitrogens is 3. The number of rotatable bonds is 9. The number of aryl methyl sites for hydroxylation is 2. The highest BCUT2D eigenvalue weighted by atomic mass is 32.2. The molecule has 0 saturated heterocycles. The fourth-order valence-corrected chi connectivity index (χ4v) is 3.46. The summed E-state index contributed by atoms with van der Waals surface area (Å²) in [5.41, 5.74) is 2.08. The third kappa shape index (κ3) is 5.36. The van der Waals surface area contributed by atoms with Crippen LogP contribution in [0.2, 0.25) is 0 Å². The molecule has 0 atom stereocenters. The molecule has 0 bridgehead atoms. The van der Waals surface area contributed by atoms with Gasteiger partial charge in [0.2, 0.25) is 0 Å². The van der Waals surface area contributed by atoms with E-state index in [4.69, 9.17) is 4.74 Å². The minimum atomic E-state index is -1.13. The Hall–Kier alpha value is -2.80. The summed E-state index contributed by atoms with van der Waals surface area (Å²) in [7, 11) is 0. The smallest absolute Gasteiger partial charge is 0.196 e. The number of thioether (sulfide) groups is 1. The Labute approximate surface area is 168 Å². The monoisotopic (exact) mass is 396 g/mol. The van der Waals surface area contributed by atoms with E-state index in [1.54, 1.807) is 0 Å². The average Bonchev–Trinajstić information content (AvgIpc) is 3.09. The second kappa shape index (κ2) is 9.41. The van der Waals surface area contributed by atoms with Gasteiger partial charge in [-0.2, -0.15) is 0 Å². The number of carboxylic acids is 1. The van der Waals surface area contributed by atoms with Crippen LogP contribution in [0.5, 0.6) is 5.75 Å². The number of para-hydroxylation sites is 1. The van der Waals surface area contributed by atoms with Gasteiger partial charge in [-0.15, -0.1) is 10.2 Å². The maximum absolute atomic E-state index is 10.8. The normalized spacial score (nSPS) is 11.0. The van der Waals surface area contributed by atoms with Crippen molar-refractivity contribution in [2.45, 2.75) is 37.9 Å². The number of carboxylic acid groups (broad SMARTS) is 1. The molecule has 1 aromatic heterocycles. The highest BCUT2D eigenvalue weighted by Crippen LogP contribution is 2.23. The highest BCUT2D eigenvalue weighted by molar-refractivity contribution is 7.99. The molecule has 6 nitrogen and oxygen atoms in total. The molecule has 28 heavy (non-hydrogen) atoms. The van der Waals surface area contributed by atoms with E-state index in [1.807, 2.05) is 73.0 Å². The summed E-state index contributed by atoms with van der Waals surface area (Å²) < 4.78 is 7.58. The van der Waals surface area contributed by atoms with Gasteiger partial charge in [0.1, 0.15) is 11.6 Å². The van der Waals surface area contributed by atoms with E-state index in [2.05, 4.69) is 10.2 Å². The van der Waals surface area contributed by atoms with Crippen LogP contribution in [0.4, 0.5) is 0 Å². The molecule has 3 rings (SSSR count). The van der Waals surface area contributed by atoms with Crippen LogP contribution in [0.1, 0.15) is 25.2 Å². The van der Waals surface area contributed by atoms with Gasteiger partial charge in [-0.1, -0.05) is 42.1 Å². The van der Waals surface area contributed by atoms with Gasteiger partial charge >= 0.3 is 0 Å². The Morgan fingerprint density at radius 3 is 2.43 bits per heavy atom. The van der Waals surface area contributed by atoms with E-state index < -0.39 is 5.97 Å². The molecular weight excluding hydrogens is 374 g/mol. The predicted octanol–water partition coefficient (Wildman–Crippen LogP) is 2.68. The number of nitrogens with zero attached hydrogens (tertiary/aromatic N) is 3. The molecule has 2 aromatic carbocycles. The van der Waals surface area contributed by atoms with Gasteiger partial charge in [0.05, 0.1) is 12.1 Å². The zero-order chi connectivity index (χ0) is 19.9. The molecule has 0 spiro atoms. The number of hydrogen-bond donors (Lipinski definition) is 0. The SMILES string of the molecule is CC(C)Oc1ccc(CCc2nnc(SCC(=O)[O-])n2-c2ccccc2)cc1. The van der Waals surface area contributed by atoms with Crippen molar-refractivity contribution in [2.24, 2.45) is 0 Å². The first kappa shape index (κ1) is 19.9. The van der Waals surface area contributed by atoms with Gasteiger partial charge in [-0.3, -0.25) is 4.57 Å². The molecule has 0 aliphatic carbocycles.